The van der Waals surface area contributed by atoms with E-state index in [2.05, 4.69) is 0 Å². The largest absolute Gasteiger partial charge is 0.486 e. The molecule has 0 aromatic heterocycles. The van der Waals surface area contributed by atoms with Gasteiger partial charge in [0.2, 0.25) is 6.79 Å². The van der Waals surface area contributed by atoms with Crippen molar-refractivity contribution in [3.05, 3.63) is 47.5 Å². The number of carbonyl (C=O) groups excluding carboxylic acids is 2. The summed E-state index contributed by atoms with van der Waals surface area (Å²) in [6.45, 7) is 4.43. The maximum Gasteiger partial charge on any atom is 0.231 e. The third-order valence-electron chi connectivity index (χ3n) is 3.73. The van der Waals surface area contributed by atoms with Crippen LogP contribution in [-0.2, 0) is 0 Å². The number of rotatable bonds is 2. The first kappa shape index (κ1) is 16.8. The van der Waals surface area contributed by atoms with Crippen molar-refractivity contribution in [2.24, 2.45) is 0 Å². The second-order valence-corrected chi connectivity index (χ2v) is 5.54. The molecule has 6 heteroatoms. The Morgan fingerprint density at radius 3 is 1.68 bits per heavy atom. The Morgan fingerprint density at radius 1 is 0.680 bits per heavy atom. The van der Waals surface area contributed by atoms with Crippen LogP contribution >= 0.6 is 0 Å². The maximum absolute atomic E-state index is 11.0. The lowest BCUT2D eigenvalue weighted by Crippen LogP contribution is -2.15. The van der Waals surface area contributed by atoms with E-state index in [1.165, 1.54) is 13.8 Å². The zero-order chi connectivity index (χ0) is 17.8. The first-order valence-electron chi connectivity index (χ1n) is 7.86. The van der Waals surface area contributed by atoms with Crippen molar-refractivity contribution in [1.29, 1.82) is 0 Å². The molecule has 4 rings (SSSR count). The number of fused-ring (bicyclic) bond motifs is 2. The Balaban J connectivity index is 0.000000146. The van der Waals surface area contributed by atoms with Crippen LogP contribution in [0.2, 0.25) is 0 Å². The average molecular weight is 342 g/mol. The maximum atomic E-state index is 11.0. The lowest BCUT2D eigenvalue weighted by molar-refractivity contribution is 0.100. The highest BCUT2D eigenvalue weighted by Gasteiger charge is 2.14. The van der Waals surface area contributed by atoms with E-state index in [-0.39, 0.29) is 18.4 Å². The van der Waals surface area contributed by atoms with Gasteiger partial charge in [0.25, 0.3) is 0 Å². The molecule has 130 valence electrons. The Kier molecular flexibility index (Phi) is 4.88. The van der Waals surface area contributed by atoms with Gasteiger partial charge in [-0.2, -0.15) is 0 Å². The fraction of sp³-hybridized carbons (Fsp3) is 0.263. The molecule has 0 radical (unpaired) electrons. The van der Waals surface area contributed by atoms with Gasteiger partial charge in [0, 0.05) is 11.1 Å². The standard InChI is InChI=1S/C10H10O3.C9H8O3/c1-7(11)8-2-3-9-10(6-8)13-5-4-12-9;1-6(10)7-2-3-8-9(4-7)12-5-11-8/h2-3,6H,4-5H2,1H3;2-4H,5H2,1H3. The predicted octanol–water partition coefficient (Wildman–Crippen LogP) is 3.28. The minimum atomic E-state index is 0.0355. The molecule has 0 fully saturated rings. The van der Waals surface area contributed by atoms with Gasteiger partial charge >= 0.3 is 0 Å². The highest BCUT2D eigenvalue weighted by atomic mass is 16.7. The van der Waals surface area contributed by atoms with Crippen molar-refractivity contribution < 1.29 is 28.5 Å². The number of benzene rings is 2. The molecule has 0 amide bonds. The van der Waals surface area contributed by atoms with E-state index in [9.17, 15) is 9.59 Å². The predicted molar refractivity (Wildman–Crippen MR) is 90.0 cm³/mol. The SMILES string of the molecule is CC(=O)c1ccc2c(c1)OCCO2.CC(=O)c1ccc2c(c1)OCO2. The lowest BCUT2D eigenvalue weighted by atomic mass is 10.1. The third kappa shape index (κ3) is 3.91. The van der Waals surface area contributed by atoms with Gasteiger partial charge in [0.15, 0.2) is 34.6 Å². The van der Waals surface area contributed by atoms with E-state index >= 15 is 0 Å². The van der Waals surface area contributed by atoms with Crippen LogP contribution in [0.1, 0.15) is 34.6 Å². The minimum absolute atomic E-state index is 0.0355. The second kappa shape index (κ2) is 7.25. The monoisotopic (exact) mass is 342 g/mol. The lowest BCUT2D eigenvalue weighted by Gasteiger charge is -2.18. The molecular formula is C19H18O6. The quantitative estimate of drug-likeness (QED) is 0.780. The van der Waals surface area contributed by atoms with Crippen molar-refractivity contribution in [2.75, 3.05) is 20.0 Å². The molecule has 0 saturated carbocycles. The van der Waals surface area contributed by atoms with E-state index < -0.39 is 0 Å². The average Bonchev–Trinajstić information content (AvgIpc) is 3.09. The van der Waals surface area contributed by atoms with Crippen LogP contribution in [0.4, 0.5) is 0 Å². The molecule has 2 aromatic rings. The number of ether oxygens (including phenoxy) is 4. The zero-order valence-electron chi connectivity index (χ0n) is 14.0. The van der Waals surface area contributed by atoms with Crippen molar-refractivity contribution in [3.8, 4) is 23.0 Å². The molecule has 2 aliphatic rings. The van der Waals surface area contributed by atoms with Crippen LogP contribution in [-0.4, -0.2) is 31.6 Å². The smallest absolute Gasteiger partial charge is 0.231 e. The first-order valence-corrected chi connectivity index (χ1v) is 7.86. The molecule has 0 N–H and O–H groups in total. The van der Waals surface area contributed by atoms with E-state index in [0.717, 1.165) is 5.75 Å². The van der Waals surface area contributed by atoms with Gasteiger partial charge in [0.05, 0.1) is 0 Å². The highest BCUT2D eigenvalue weighted by molar-refractivity contribution is 5.95. The number of hydrogen-bond donors (Lipinski definition) is 0. The molecule has 2 heterocycles. The molecule has 25 heavy (non-hydrogen) atoms. The molecule has 2 aromatic carbocycles. The summed E-state index contributed by atoms with van der Waals surface area (Å²) in [6.07, 6.45) is 0. The van der Waals surface area contributed by atoms with Gasteiger partial charge in [-0.25, -0.2) is 0 Å². The molecule has 6 nitrogen and oxygen atoms in total. The topological polar surface area (TPSA) is 71.1 Å². The summed E-state index contributed by atoms with van der Waals surface area (Å²) in [6, 6.07) is 10.4. The van der Waals surface area contributed by atoms with Crippen molar-refractivity contribution in [3.63, 3.8) is 0 Å². The van der Waals surface area contributed by atoms with Crippen molar-refractivity contribution >= 4 is 11.6 Å². The summed E-state index contributed by atoms with van der Waals surface area (Å²) >= 11 is 0. The summed E-state index contributed by atoms with van der Waals surface area (Å²) in [5.74, 6) is 2.82. The summed E-state index contributed by atoms with van der Waals surface area (Å²) in [5, 5.41) is 0. The van der Waals surface area contributed by atoms with Crippen LogP contribution < -0.4 is 18.9 Å². The third-order valence-corrected chi connectivity index (χ3v) is 3.73. The Labute approximate surface area is 145 Å². The van der Waals surface area contributed by atoms with Gasteiger partial charge in [-0.1, -0.05) is 0 Å². The second-order valence-electron chi connectivity index (χ2n) is 5.54. The summed E-state index contributed by atoms with van der Waals surface area (Å²) in [5.41, 5.74) is 1.31. The van der Waals surface area contributed by atoms with Gasteiger partial charge in [-0.15, -0.1) is 0 Å². The summed E-state index contributed by atoms with van der Waals surface area (Å²) in [4.78, 5) is 22.0. The molecule has 0 atom stereocenters. The molecule has 0 bridgehead atoms. The number of carbonyl (C=O) groups is 2. The zero-order valence-corrected chi connectivity index (χ0v) is 14.0. The Bertz CT molecular complexity index is 812. The Morgan fingerprint density at radius 2 is 1.12 bits per heavy atom. The van der Waals surface area contributed by atoms with E-state index in [0.29, 0.717) is 41.6 Å². The fourth-order valence-electron chi connectivity index (χ4n) is 2.38. The summed E-state index contributed by atoms with van der Waals surface area (Å²) in [7, 11) is 0. The molecule has 0 spiro atoms. The van der Waals surface area contributed by atoms with Crippen molar-refractivity contribution in [2.45, 2.75) is 13.8 Å². The van der Waals surface area contributed by atoms with Gasteiger partial charge < -0.3 is 18.9 Å². The highest BCUT2D eigenvalue weighted by Crippen LogP contribution is 2.32. The van der Waals surface area contributed by atoms with Gasteiger partial charge in [0.1, 0.15) is 13.2 Å². The van der Waals surface area contributed by atoms with Crippen LogP contribution in [0.3, 0.4) is 0 Å². The van der Waals surface area contributed by atoms with Crippen LogP contribution in [0, 0.1) is 0 Å². The van der Waals surface area contributed by atoms with Crippen molar-refractivity contribution in [1.82, 2.24) is 0 Å². The number of ketones is 2. The molecule has 0 unspecified atom stereocenters. The first-order chi connectivity index (χ1) is 12.0. The van der Waals surface area contributed by atoms with E-state index in [1.807, 2.05) is 0 Å². The summed E-state index contributed by atoms with van der Waals surface area (Å²) < 4.78 is 20.9. The minimum Gasteiger partial charge on any atom is -0.486 e. The molecule has 0 saturated heterocycles. The molecule has 2 aliphatic heterocycles. The Hall–Kier alpha value is -3.02. The number of hydrogen-bond acceptors (Lipinski definition) is 6. The fourth-order valence-corrected chi connectivity index (χ4v) is 2.38. The molecular weight excluding hydrogens is 324 g/mol. The van der Waals surface area contributed by atoms with E-state index in [1.54, 1.807) is 36.4 Å². The number of Topliss-reactive ketones (excluding diaryl/α,β-unsaturated/α-hetero) is 2. The molecule has 0 aliphatic carbocycles. The van der Waals surface area contributed by atoms with Crippen LogP contribution in [0.5, 0.6) is 23.0 Å². The normalized spacial score (nSPS) is 13.5. The van der Waals surface area contributed by atoms with E-state index in [4.69, 9.17) is 18.9 Å². The van der Waals surface area contributed by atoms with Gasteiger partial charge in [-0.05, 0) is 50.2 Å². The van der Waals surface area contributed by atoms with Gasteiger partial charge in [-0.3, -0.25) is 9.59 Å². The van der Waals surface area contributed by atoms with Crippen LogP contribution in [0.15, 0.2) is 36.4 Å². The van der Waals surface area contributed by atoms with Crippen LogP contribution in [0.25, 0.3) is 0 Å².